The van der Waals surface area contributed by atoms with Gasteiger partial charge in [0.05, 0.1) is 0 Å². The first-order valence-corrected chi connectivity index (χ1v) is 4.12. The van der Waals surface area contributed by atoms with E-state index >= 15 is 0 Å². The van der Waals surface area contributed by atoms with Crippen LogP contribution in [0.4, 0.5) is 5.69 Å². The predicted molar refractivity (Wildman–Crippen MR) is 48.0 cm³/mol. The van der Waals surface area contributed by atoms with Gasteiger partial charge in [-0.3, -0.25) is 0 Å². The van der Waals surface area contributed by atoms with Crippen molar-refractivity contribution < 1.29 is 0 Å². The van der Waals surface area contributed by atoms with Crippen LogP contribution in [-0.2, 0) is 6.42 Å². The van der Waals surface area contributed by atoms with Gasteiger partial charge in [-0.1, -0.05) is 12.1 Å². The summed E-state index contributed by atoms with van der Waals surface area (Å²) >= 11 is 0. The highest BCUT2D eigenvalue weighted by Crippen LogP contribution is 2.27. The van der Waals surface area contributed by atoms with E-state index in [0.29, 0.717) is 6.04 Å². The van der Waals surface area contributed by atoms with E-state index in [1.54, 1.807) is 0 Å². The zero-order valence-corrected chi connectivity index (χ0v) is 7.02. The summed E-state index contributed by atoms with van der Waals surface area (Å²) in [5.41, 5.74) is 4.25. The van der Waals surface area contributed by atoms with Crippen LogP contribution in [0.3, 0.4) is 0 Å². The molecule has 2 rings (SSSR count). The van der Waals surface area contributed by atoms with Crippen LogP contribution in [0.1, 0.15) is 18.1 Å². The monoisotopic (exact) mass is 147 g/mol. The summed E-state index contributed by atoms with van der Waals surface area (Å²) in [4.78, 5) is 0. The van der Waals surface area contributed by atoms with Crippen molar-refractivity contribution in [3.8, 4) is 0 Å². The summed E-state index contributed by atoms with van der Waals surface area (Å²) in [6.07, 6.45) is 1.18. The molecule has 1 aliphatic heterocycles. The largest absolute Gasteiger partial charge is 0.382 e. The minimum atomic E-state index is 0.617. The van der Waals surface area contributed by atoms with E-state index in [1.165, 1.54) is 23.2 Å². The predicted octanol–water partition coefficient (Wildman–Crippen LogP) is 2.35. The lowest BCUT2D eigenvalue weighted by atomic mass is 10.1. The van der Waals surface area contributed by atoms with Crippen molar-refractivity contribution >= 4 is 5.69 Å². The second kappa shape index (κ2) is 2.26. The lowest BCUT2D eigenvalue weighted by Crippen LogP contribution is -2.08. The third kappa shape index (κ3) is 1.01. The Morgan fingerprint density at radius 2 is 2.27 bits per heavy atom. The van der Waals surface area contributed by atoms with Crippen molar-refractivity contribution in [2.45, 2.75) is 26.3 Å². The normalized spacial score (nSPS) is 21.1. The van der Waals surface area contributed by atoms with Gasteiger partial charge in [0.1, 0.15) is 0 Å². The van der Waals surface area contributed by atoms with Gasteiger partial charge in [-0.05, 0) is 37.5 Å². The molecule has 1 aliphatic rings. The zero-order chi connectivity index (χ0) is 7.84. The van der Waals surface area contributed by atoms with Crippen LogP contribution >= 0.6 is 0 Å². The molecule has 0 radical (unpaired) electrons. The average molecular weight is 147 g/mol. The van der Waals surface area contributed by atoms with Gasteiger partial charge in [0, 0.05) is 11.7 Å². The highest BCUT2D eigenvalue weighted by molar-refractivity contribution is 5.59. The number of aryl methyl sites for hydroxylation is 1. The van der Waals surface area contributed by atoms with E-state index in [1.807, 2.05) is 0 Å². The van der Waals surface area contributed by atoms with Crippen molar-refractivity contribution in [1.29, 1.82) is 0 Å². The highest BCUT2D eigenvalue weighted by Gasteiger charge is 2.16. The standard InChI is InChI=1S/C10H13N/c1-7-4-3-5-10-9(7)6-8(2)11-10/h3-5,8,11H,6H2,1-2H3. The number of hydrogen-bond donors (Lipinski definition) is 1. The molecule has 0 amide bonds. The maximum absolute atomic E-state index is 3.44. The van der Waals surface area contributed by atoms with Gasteiger partial charge in [-0.25, -0.2) is 0 Å². The van der Waals surface area contributed by atoms with Crippen LogP contribution < -0.4 is 5.32 Å². The molecule has 1 nitrogen and oxygen atoms in total. The number of rotatable bonds is 0. The van der Waals surface area contributed by atoms with Crippen molar-refractivity contribution in [3.63, 3.8) is 0 Å². The van der Waals surface area contributed by atoms with Gasteiger partial charge in [-0.15, -0.1) is 0 Å². The lowest BCUT2D eigenvalue weighted by Gasteiger charge is -2.01. The van der Waals surface area contributed by atoms with Crippen LogP contribution in [0, 0.1) is 6.92 Å². The topological polar surface area (TPSA) is 12.0 Å². The molecule has 1 unspecified atom stereocenters. The summed E-state index contributed by atoms with van der Waals surface area (Å²) < 4.78 is 0. The summed E-state index contributed by atoms with van der Waals surface area (Å²) in [5.74, 6) is 0. The number of nitrogens with one attached hydrogen (secondary N) is 1. The molecule has 0 saturated heterocycles. The van der Waals surface area contributed by atoms with Crippen molar-refractivity contribution in [2.24, 2.45) is 0 Å². The van der Waals surface area contributed by atoms with Gasteiger partial charge < -0.3 is 5.32 Å². The molecule has 0 aliphatic carbocycles. The molecule has 0 bridgehead atoms. The number of hydrogen-bond acceptors (Lipinski definition) is 1. The van der Waals surface area contributed by atoms with Gasteiger partial charge in [0.15, 0.2) is 0 Å². The zero-order valence-electron chi connectivity index (χ0n) is 7.02. The maximum Gasteiger partial charge on any atom is 0.0378 e. The fourth-order valence-corrected chi connectivity index (χ4v) is 1.73. The van der Waals surface area contributed by atoms with Crippen LogP contribution in [0.5, 0.6) is 0 Å². The van der Waals surface area contributed by atoms with Crippen molar-refractivity contribution in [3.05, 3.63) is 29.3 Å². The molecule has 1 heterocycles. The van der Waals surface area contributed by atoms with E-state index in [9.17, 15) is 0 Å². The Labute approximate surface area is 67.4 Å². The van der Waals surface area contributed by atoms with Crippen LogP contribution in [0.2, 0.25) is 0 Å². The van der Waals surface area contributed by atoms with Crippen molar-refractivity contribution in [1.82, 2.24) is 0 Å². The smallest absolute Gasteiger partial charge is 0.0378 e. The number of benzene rings is 1. The molecule has 0 spiro atoms. The minimum absolute atomic E-state index is 0.617. The third-order valence-corrected chi connectivity index (χ3v) is 2.32. The quantitative estimate of drug-likeness (QED) is 0.594. The Balaban J connectivity index is 2.49. The molecule has 11 heavy (non-hydrogen) atoms. The molecule has 1 heteroatoms. The summed E-state index contributed by atoms with van der Waals surface area (Å²) in [6.45, 7) is 4.40. The first kappa shape index (κ1) is 6.71. The Morgan fingerprint density at radius 1 is 1.45 bits per heavy atom. The fraction of sp³-hybridized carbons (Fsp3) is 0.400. The average Bonchev–Trinajstić information content (AvgIpc) is 2.31. The van der Waals surface area contributed by atoms with Gasteiger partial charge in [0.2, 0.25) is 0 Å². The Morgan fingerprint density at radius 3 is 3.00 bits per heavy atom. The summed E-state index contributed by atoms with van der Waals surface area (Å²) in [5, 5.41) is 3.44. The molecular weight excluding hydrogens is 134 g/mol. The summed E-state index contributed by atoms with van der Waals surface area (Å²) in [6, 6.07) is 7.06. The van der Waals surface area contributed by atoms with Crippen LogP contribution in [0.15, 0.2) is 18.2 Å². The minimum Gasteiger partial charge on any atom is -0.382 e. The van der Waals surface area contributed by atoms with E-state index in [2.05, 4.69) is 37.4 Å². The Bertz CT molecular complexity index is 278. The van der Waals surface area contributed by atoms with Gasteiger partial charge in [0.25, 0.3) is 0 Å². The molecule has 0 aromatic heterocycles. The number of fused-ring (bicyclic) bond motifs is 1. The first-order chi connectivity index (χ1) is 5.27. The second-order valence-corrected chi connectivity index (χ2v) is 3.35. The van der Waals surface area contributed by atoms with E-state index in [0.717, 1.165) is 0 Å². The fourth-order valence-electron chi connectivity index (χ4n) is 1.73. The van der Waals surface area contributed by atoms with Gasteiger partial charge in [-0.2, -0.15) is 0 Å². The molecule has 58 valence electrons. The molecule has 1 atom stereocenters. The Hall–Kier alpha value is -0.980. The van der Waals surface area contributed by atoms with E-state index < -0.39 is 0 Å². The molecule has 0 saturated carbocycles. The van der Waals surface area contributed by atoms with Gasteiger partial charge >= 0.3 is 0 Å². The maximum atomic E-state index is 3.44. The first-order valence-electron chi connectivity index (χ1n) is 4.12. The molecule has 1 aromatic rings. The number of anilines is 1. The molecule has 1 aromatic carbocycles. The third-order valence-electron chi connectivity index (χ3n) is 2.32. The SMILES string of the molecule is Cc1cccc2c1CC(C)N2. The lowest BCUT2D eigenvalue weighted by molar-refractivity contribution is 0.836. The second-order valence-electron chi connectivity index (χ2n) is 3.35. The molecule has 1 N–H and O–H groups in total. The highest BCUT2D eigenvalue weighted by atomic mass is 14.9. The molecular formula is C10H13N. The van der Waals surface area contributed by atoms with E-state index in [4.69, 9.17) is 0 Å². The summed E-state index contributed by atoms with van der Waals surface area (Å²) in [7, 11) is 0. The molecule has 0 fully saturated rings. The van der Waals surface area contributed by atoms with Crippen molar-refractivity contribution in [2.75, 3.05) is 5.32 Å². The van der Waals surface area contributed by atoms with Crippen LogP contribution in [-0.4, -0.2) is 6.04 Å². The van der Waals surface area contributed by atoms with Crippen LogP contribution in [0.25, 0.3) is 0 Å². The Kier molecular flexibility index (Phi) is 1.38. The van der Waals surface area contributed by atoms with E-state index in [-0.39, 0.29) is 0 Å².